The second kappa shape index (κ2) is 9.68. The maximum absolute atomic E-state index is 13.1. The topological polar surface area (TPSA) is 72.8 Å². The SMILES string of the molecule is C=C(C)CCc1c(OC)cc(/C=C/c2ccc(F)cc2)c(C(=O)O)c1OC(C)=O. The highest BCUT2D eigenvalue weighted by Gasteiger charge is 2.25. The van der Waals surface area contributed by atoms with Gasteiger partial charge in [-0.3, -0.25) is 4.79 Å². The van der Waals surface area contributed by atoms with Crippen molar-refractivity contribution >= 4 is 24.1 Å². The molecule has 0 aromatic heterocycles. The number of carbonyl (C=O) groups excluding carboxylic acids is 1. The van der Waals surface area contributed by atoms with Crippen LogP contribution in [-0.4, -0.2) is 24.2 Å². The quantitative estimate of drug-likeness (QED) is 0.289. The van der Waals surface area contributed by atoms with Gasteiger partial charge in [-0.25, -0.2) is 9.18 Å². The molecule has 0 atom stereocenters. The molecule has 0 unspecified atom stereocenters. The zero-order valence-electron chi connectivity index (χ0n) is 16.6. The van der Waals surface area contributed by atoms with Crippen LogP contribution in [0.1, 0.15) is 47.3 Å². The van der Waals surface area contributed by atoms with E-state index in [2.05, 4.69) is 6.58 Å². The Balaban J connectivity index is 2.65. The molecule has 1 N–H and O–H groups in total. The van der Waals surface area contributed by atoms with E-state index in [4.69, 9.17) is 9.47 Å². The number of rotatable bonds is 8. The molecule has 5 nitrogen and oxygen atoms in total. The predicted molar refractivity (Wildman–Crippen MR) is 110 cm³/mol. The molecular weight excluding hydrogens is 375 g/mol. The number of benzene rings is 2. The van der Waals surface area contributed by atoms with Gasteiger partial charge in [-0.1, -0.05) is 29.9 Å². The van der Waals surface area contributed by atoms with Crippen molar-refractivity contribution < 1.29 is 28.6 Å². The lowest BCUT2D eigenvalue weighted by atomic mass is 9.96. The fourth-order valence-electron chi connectivity index (χ4n) is 2.82. The summed E-state index contributed by atoms with van der Waals surface area (Å²) >= 11 is 0. The molecule has 0 fully saturated rings. The summed E-state index contributed by atoms with van der Waals surface area (Å²) in [5, 5.41) is 9.83. The third-order valence-electron chi connectivity index (χ3n) is 4.18. The second-order valence-corrected chi connectivity index (χ2v) is 6.59. The Bertz CT molecular complexity index is 958. The Morgan fingerprint density at radius 3 is 2.34 bits per heavy atom. The average molecular weight is 398 g/mol. The Kier molecular flexibility index (Phi) is 7.31. The van der Waals surface area contributed by atoms with E-state index in [1.165, 1.54) is 26.2 Å². The summed E-state index contributed by atoms with van der Waals surface area (Å²) in [5.74, 6) is -1.87. The van der Waals surface area contributed by atoms with Gasteiger partial charge in [0.15, 0.2) is 5.75 Å². The van der Waals surface area contributed by atoms with Crippen LogP contribution in [0.2, 0.25) is 0 Å². The molecule has 0 bridgehead atoms. The number of methoxy groups -OCH3 is 1. The summed E-state index contributed by atoms with van der Waals surface area (Å²) < 4.78 is 23.8. The van der Waals surface area contributed by atoms with Gasteiger partial charge in [0.25, 0.3) is 0 Å². The molecule has 29 heavy (non-hydrogen) atoms. The first-order chi connectivity index (χ1) is 13.7. The van der Waals surface area contributed by atoms with Gasteiger partial charge in [0, 0.05) is 12.5 Å². The largest absolute Gasteiger partial charge is 0.496 e. The highest BCUT2D eigenvalue weighted by Crippen LogP contribution is 2.38. The number of esters is 1. The number of carboxylic acid groups (broad SMARTS) is 1. The van der Waals surface area contributed by atoms with Crippen molar-refractivity contribution in [3.05, 3.63) is 70.6 Å². The molecular formula is C23H23FO5. The molecule has 0 saturated heterocycles. The second-order valence-electron chi connectivity index (χ2n) is 6.59. The van der Waals surface area contributed by atoms with Crippen LogP contribution in [0.3, 0.4) is 0 Å². The average Bonchev–Trinajstić information content (AvgIpc) is 2.65. The summed E-state index contributed by atoms with van der Waals surface area (Å²) in [4.78, 5) is 23.7. The Morgan fingerprint density at radius 1 is 1.17 bits per heavy atom. The summed E-state index contributed by atoms with van der Waals surface area (Å²) in [6.45, 7) is 6.92. The maximum Gasteiger partial charge on any atom is 0.340 e. The van der Waals surface area contributed by atoms with Gasteiger partial charge >= 0.3 is 11.9 Å². The van der Waals surface area contributed by atoms with Crippen molar-refractivity contribution in [1.82, 2.24) is 0 Å². The van der Waals surface area contributed by atoms with Crippen molar-refractivity contribution in [3.8, 4) is 11.5 Å². The number of carboxylic acids is 1. The number of aromatic carboxylic acids is 1. The first-order valence-electron chi connectivity index (χ1n) is 8.96. The van der Waals surface area contributed by atoms with Gasteiger partial charge in [-0.15, -0.1) is 6.58 Å². The van der Waals surface area contributed by atoms with Crippen LogP contribution in [0.25, 0.3) is 12.2 Å². The van der Waals surface area contributed by atoms with Crippen molar-refractivity contribution in [2.75, 3.05) is 7.11 Å². The first-order valence-corrected chi connectivity index (χ1v) is 8.96. The van der Waals surface area contributed by atoms with Crippen LogP contribution in [0.5, 0.6) is 11.5 Å². The number of hydrogen-bond acceptors (Lipinski definition) is 4. The fraction of sp³-hybridized carbons (Fsp3) is 0.217. The van der Waals surface area contributed by atoms with Gasteiger partial charge in [0.05, 0.1) is 7.11 Å². The Labute approximate surface area is 169 Å². The molecule has 0 aliphatic carbocycles. The lowest BCUT2D eigenvalue weighted by Gasteiger charge is -2.18. The van der Waals surface area contributed by atoms with Crippen LogP contribution >= 0.6 is 0 Å². The zero-order valence-corrected chi connectivity index (χ0v) is 16.6. The van der Waals surface area contributed by atoms with Crippen LogP contribution in [0.4, 0.5) is 4.39 Å². The van der Waals surface area contributed by atoms with Gasteiger partial charge in [0.2, 0.25) is 0 Å². The van der Waals surface area contributed by atoms with E-state index in [1.807, 2.05) is 6.92 Å². The van der Waals surface area contributed by atoms with E-state index in [9.17, 15) is 19.1 Å². The zero-order chi connectivity index (χ0) is 21.6. The molecule has 0 saturated carbocycles. The Morgan fingerprint density at radius 2 is 1.83 bits per heavy atom. The number of allylic oxidation sites excluding steroid dienone is 1. The van der Waals surface area contributed by atoms with E-state index >= 15 is 0 Å². The molecule has 0 aliphatic heterocycles. The smallest absolute Gasteiger partial charge is 0.340 e. The van der Waals surface area contributed by atoms with Gasteiger partial charge in [-0.05, 0) is 49.1 Å². The molecule has 0 amide bonds. The van der Waals surface area contributed by atoms with E-state index in [-0.39, 0.29) is 17.1 Å². The molecule has 2 aromatic carbocycles. The molecule has 6 heteroatoms. The molecule has 0 heterocycles. The summed E-state index contributed by atoms with van der Waals surface area (Å²) in [5.41, 5.74) is 2.23. The third-order valence-corrected chi connectivity index (χ3v) is 4.18. The minimum atomic E-state index is -1.24. The molecule has 0 aliphatic rings. The van der Waals surface area contributed by atoms with Crippen LogP contribution in [-0.2, 0) is 11.2 Å². The van der Waals surface area contributed by atoms with Gasteiger partial charge < -0.3 is 14.6 Å². The van der Waals surface area contributed by atoms with Crippen molar-refractivity contribution in [2.45, 2.75) is 26.7 Å². The van der Waals surface area contributed by atoms with E-state index in [0.29, 0.717) is 35.3 Å². The molecule has 0 spiro atoms. The molecule has 0 radical (unpaired) electrons. The normalized spacial score (nSPS) is 10.8. The minimum Gasteiger partial charge on any atom is -0.496 e. The van der Waals surface area contributed by atoms with Crippen LogP contribution in [0.15, 0.2) is 42.5 Å². The summed E-state index contributed by atoms with van der Waals surface area (Å²) in [6.07, 6.45) is 4.19. The van der Waals surface area contributed by atoms with E-state index in [1.54, 1.807) is 30.4 Å². The highest BCUT2D eigenvalue weighted by atomic mass is 19.1. The predicted octanol–water partition coefficient (Wildman–Crippen LogP) is 5.14. The summed E-state index contributed by atoms with van der Waals surface area (Å²) in [6, 6.07) is 7.34. The number of ether oxygens (including phenoxy) is 2. The Hall–Kier alpha value is -3.41. The third kappa shape index (κ3) is 5.78. The van der Waals surface area contributed by atoms with Crippen LogP contribution < -0.4 is 9.47 Å². The van der Waals surface area contributed by atoms with Gasteiger partial charge in [0.1, 0.15) is 17.1 Å². The monoisotopic (exact) mass is 398 g/mol. The van der Waals surface area contributed by atoms with Crippen molar-refractivity contribution in [3.63, 3.8) is 0 Å². The maximum atomic E-state index is 13.1. The minimum absolute atomic E-state index is 0.0376. The van der Waals surface area contributed by atoms with Crippen LogP contribution in [0, 0.1) is 5.82 Å². The lowest BCUT2D eigenvalue weighted by Crippen LogP contribution is -2.13. The standard InChI is InChI=1S/C23H23FO5/c1-14(2)5-12-19-20(28-4)13-17(9-6-16-7-10-18(24)11-8-16)21(23(26)27)22(19)29-15(3)25/h6-11,13H,1,5,12H2,2-4H3,(H,26,27)/b9-6+. The highest BCUT2D eigenvalue weighted by molar-refractivity contribution is 5.98. The number of halogens is 1. The molecule has 2 rings (SSSR count). The van der Waals surface area contributed by atoms with Crippen molar-refractivity contribution in [1.29, 1.82) is 0 Å². The molecule has 152 valence electrons. The number of carbonyl (C=O) groups is 2. The first kappa shape index (κ1) is 21.9. The fourth-order valence-corrected chi connectivity index (χ4v) is 2.82. The van der Waals surface area contributed by atoms with Crippen molar-refractivity contribution in [2.24, 2.45) is 0 Å². The molecule has 2 aromatic rings. The van der Waals surface area contributed by atoms with Gasteiger partial charge in [-0.2, -0.15) is 0 Å². The number of hydrogen-bond donors (Lipinski definition) is 1. The summed E-state index contributed by atoms with van der Waals surface area (Å²) in [7, 11) is 1.46. The van der Waals surface area contributed by atoms with E-state index in [0.717, 1.165) is 5.57 Å². The van der Waals surface area contributed by atoms with E-state index < -0.39 is 11.9 Å². The lowest BCUT2D eigenvalue weighted by molar-refractivity contribution is -0.131.